The molecule has 0 fully saturated rings. The van der Waals surface area contributed by atoms with E-state index in [9.17, 15) is 0 Å². The molecular formula is C6H8N4. The van der Waals surface area contributed by atoms with Gasteiger partial charge in [0.2, 0.25) is 6.19 Å². The minimum absolute atomic E-state index is 0.594. The van der Waals surface area contributed by atoms with Crippen molar-refractivity contribution in [3.8, 4) is 6.19 Å². The topological polar surface area (TPSA) is 67.6 Å². The molecule has 0 bridgehead atoms. The Kier molecular flexibility index (Phi) is 2.03. The molecule has 0 unspecified atom stereocenters. The number of hydrogen-bond acceptors (Lipinski definition) is 3. The Hall–Kier alpha value is -1.34. The van der Waals surface area contributed by atoms with Crippen molar-refractivity contribution in [2.75, 3.05) is 6.54 Å². The lowest BCUT2D eigenvalue weighted by atomic mass is 10.3. The first-order chi connectivity index (χ1) is 4.86. The lowest BCUT2D eigenvalue weighted by Gasteiger charge is -1.85. The summed E-state index contributed by atoms with van der Waals surface area (Å²) in [6, 6.07) is 0. The highest BCUT2D eigenvalue weighted by Gasteiger charge is 1.94. The third kappa shape index (κ3) is 1.33. The molecule has 0 aliphatic heterocycles. The van der Waals surface area contributed by atoms with Crippen LogP contribution in [-0.4, -0.2) is 16.3 Å². The Morgan fingerprint density at radius 3 is 3.10 bits per heavy atom. The molecule has 0 saturated carbocycles. The van der Waals surface area contributed by atoms with Gasteiger partial charge in [-0.2, -0.15) is 15.0 Å². The van der Waals surface area contributed by atoms with Crippen LogP contribution in [0.15, 0.2) is 12.4 Å². The number of nitrogens with zero attached hydrogens (tertiary/aromatic N) is 3. The van der Waals surface area contributed by atoms with Gasteiger partial charge in [-0.1, -0.05) is 0 Å². The van der Waals surface area contributed by atoms with Crippen molar-refractivity contribution in [3.63, 3.8) is 0 Å². The Labute approximate surface area is 58.9 Å². The molecule has 0 radical (unpaired) electrons. The second-order valence-corrected chi connectivity index (χ2v) is 1.93. The number of nitriles is 1. The molecular weight excluding hydrogens is 128 g/mol. The van der Waals surface area contributed by atoms with Gasteiger partial charge in [0, 0.05) is 6.20 Å². The minimum atomic E-state index is 0.594. The van der Waals surface area contributed by atoms with Crippen molar-refractivity contribution in [1.29, 1.82) is 5.26 Å². The van der Waals surface area contributed by atoms with Crippen LogP contribution in [0.5, 0.6) is 0 Å². The summed E-state index contributed by atoms with van der Waals surface area (Å²) < 4.78 is 1.21. The third-order valence-electron chi connectivity index (χ3n) is 1.17. The van der Waals surface area contributed by atoms with Crippen LogP contribution < -0.4 is 5.73 Å². The van der Waals surface area contributed by atoms with E-state index >= 15 is 0 Å². The van der Waals surface area contributed by atoms with Gasteiger partial charge in [0.1, 0.15) is 0 Å². The maximum atomic E-state index is 8.34. The van der Waals surface area contributed by atoms with Gasteiger partial charge in [-0.15, -0.1) is 0 Å². The van der Waals surface area contributed by atoms with Crippen LogP contribution in [0.1, 0.15) is 5.56 Å². The van der Waals surface area contributed by atoms with Gasteiger partial charge in [0.15, 0.2) is 0 Å². The van der Waals surface area contributed by atoms with Crippen molar-refractivity contribution >= 4 is 0 Å². The molecule has 0 atom stereocenters. The summed E-state index contributed by atoms with van der Waals surface area (Å²) >= 11 is 0. The van der Waals surface area contributed by atoms with E-state index in [1.165, 1.54) is 4.68 Å². The van der Waals surface area contributed by atoms with Gasteiger partial charge in [-0.05, 0) is 18.5 Å². The molecule has 1 aromatic rings. The average Bonchev–Trinajstić information content (AvgIpc) is 2.37. The molecule has 2 N–H and O–H groups in total. The van der Waals surface area contributed by atoms with E-state index in [-0.39, 0.29) is 0 Å². The van der Waals surface area contributed by atoms with Crippen LogP contribution in [0.3, 0.4) is 0 Å². The number of nitrogens with two attached hydrogens (primary N) is 1. The fourth-order valence-electron chi connectivity index (χ4n) is 0.711. The smallest absolute Gasteiger partial charge is 0.206 e. The highest BCUT2D eigenvalue weighted by Crippen LogP contribution is 1.95. The van der Waals surface area contributed by atoms with E-state index in [4.69, 9.17) is 11.0 Å². The van der Waals surface area contributed by atoms with Gasteiger partial charge in [0.25, 0.3) is 0 Å². The maximum Gasteiger partial charge on any atom is 0.206 e. The first-order valence-electron chi connectivity index (χ1n) is 3.00. The third-order valence-corrected chi connectivity index (χ3v) is 1.17. The van der Waals surface area contributed by atoms with Gasteiger partial charge >= 0.3 is 0 Å². The summed E-state index contributed by atoms with van der Waals surface area (Å²) in [4.78, 5) is 0. The Balaban J connectivity index is 2.71. The molecule has 4 heteroatoms. The molecule has 0 aromatic carbocycles. The van der Waals surface area contributed by atoms with E-state index < -0.39 is 0 Å². The van der Waals surface area contributed by atoms with Crippen LogP contribution in [0.4, 0.5) is 0 Å². The van der Waals surface area contributed by atoms with Crippen molar-refractivity contribution in [2.45, 2.75) is 6.42 Å². The summed E-state index contributed by atoms with van der Waals surface area (Å²) in [7, 11) is 0. The number of rotatable bonds is 2. The van der Waals surface area contributed by atoms with Crippen LogP contribution in [0, 0.1) is 11.5 Å². The van der Waals surface area contributed by atoms with Crippen LogP contribution >= 0.6 is 0 Å². The molecule has 1 rings (SSSR count). The average molecular weight is 136 g/mol. The number of aromatic nitrogens is 2. The van der Waals surface area contributed by atoms with Gasteiger partial charge in [-0.3, -0.25) is 0 Å². The molecule has 0 aliphatic rings. The fraction of sp³-hybridized carbons (Fsp3) is 0.333. The number of hydrogen-bond donors (Lipinski definition) is 1. The minimum Gasteiger partial charge on any atom is -0.330 e. The first kappa shape index (κ1) is 6.78. The largest absolute Gasteiger partial charge is 0.330 e. The van der Waals surface area contributed by atoms with E-state index in [0.717, 1.165) is 12.0 Å². The van der Waals surface area contributed by atoms with E-state index in [2.05, 4.69) is 5.10 Å². The predicted octanol–water partition coefficient (Wildman–Crippen LogP) is -0.287. The maximum absolute atomic E-state index is 8.34. The summed E-state index contributed by atoms with van der Waals surface area (Å²) in [5.41, 5.74) is 6.30. The molecule has 1 heterocycles. The second-order valence-electron chi connectivity index (χ2n) is 1.93. The summed E-state index contributed by atoms with van der Waals surface area (Å²) in [6.45, 7) is 0.594. The standard InChI is InChI=1S/C6H8N4/c7-2-1-6-3-9-10(4-6)5-8/h3-4H,1-2,7H2. The molecule has 4 nitrogen and oxygen atoms in total. The van der Waals surface area contributed by atoms with Gasteiger partial charge in [-0.25, -0.2) is 0 Å². The quantitative estimate of drug-likeness (QED) is 0.607. The Bertz CT molecular complexity index is 244. The monoisotopic (exact) mass is 136 g/mol. The SMILES string of the molecule is N#Cn1cc(CCN)cn1. The summed E-state index contributed by atoms with van der Waals surface area (Å²) in [5.74, 6) is 0. The van der Waals surface area contributed by atoms with Crippen molar-refractivity contribution in [2.24, 2.45) is 5.73 Å². The highest BCUT2D eigenvalue weighted by atomic mass is 15.3. The van der Waals surface area contributed by atoms with E-state index in [1.54, 1.807) is 12.4 Å². The summed E-state index contributed by atoms with van der Waals surface area (Å²) in [5, 5.41) is 12.1. The zero-order chi connectivity index (χ0) is 7.40. The first-order valence-corrected chi connectivity index (χ1v) is 3.00. The molecule has 0 aliphatic carbocycles. The molecule has 0 amide bonds. The van der Waals surface area contributed by atoms with Crippen molar-refractivity contribution in [3.05, 3.63) is 18.0 Å². The van der Waals surface area contributed by atoms with Crippen LogP contribution in [-0.2, 0) is 6.42 Å². The van der Waals surface area contributed by atoms with Crippen molar-refractivity contribution in [1.82, 2.24) is 9.78 Å². The highest BCUT2D eigenvalue weighted by molar-refractivity contribution is 5.06. The zero-order valence-electron chi connectivity index (χ0n) is 5.49. The zero-order valence-corrected chi connectivity index (χ0v) is 5.49. The molecule has 52 valence electrons. The lowest BCUT2D eigenvalue weighted by molar-refractivity contribution is 0.896. The molecule has 10 heavy (non-hydrogen) atoms. The van der Waals surface area contributed by atoms with Crippen LogP contribution in [0.25, 0.3) is 0 Å². The molecule has 1 aromatic heterocycles. The summed E-state index contributed by atoms with van der Waals surface area (Å²) in [6.07, 6.45) is 5.97. The van der Waals surface area contributed by atoms with Crippen molar-refractivity contribution < 1.29 is 0 Å². The fourth-order valence-corrected chi connectivity index (χ4v) is 0.711. The molecule has 0 saturated heterocycles. The normalized spacial score (nSPS) is 9.20. The van der Waals surface area contributed by atoms with E-state index in [1.807, 2.05) is 6.19 Å². The van der Waals surface area contributed by atoms with E-state index in [0.29, 0.717) is 6.54 Å². The molecule has 0 spiro atoms. The van der Waals surface area contributed by atoms with Crippen LogP contribution in [0.2, 0.25) is 0 Å². The van der Waals surface area contributed by atoms with Gasteiger partial charge in [0.05, 0.1) is 6.20 Å². The predicted molar refractivity (Wildman–Crippen MR) is 36.0 cm³/mol. The lowest BCUT2D eigenvalue weighted by Crippen LogP contribution is -2.01. The Morgan fingerprint density at radius 2 is 2.60 bits per heavy atom. The Morgan fingerprint density at radius 1 is 1.80 bits per heavy atom. The second kappa shape index (κ2) is 2.99. The van der Waals surface area contributed by atoms with Gasteiger partial charge < -0.3 is 5.73 Å².